The molecule has 0 spiro atoms. The first kappa shape index (κ1) is 9.43. The van der Waals surface area contributed by atoms with Gasteiger partial charge in [-0.3, -0.25) is 0 Å². The second-order valence-electron chi connectivity index (χ2n) is 4.30. The summed E-state index contributed by atoms with van der Waals surface area (Å²) < 4.78 is 1.10. The van der Waals surface area contributed by atoms with E-state index >= 15 is 0 Å². The lowest BCUT2D eigenvalue weighted by Gasteiger charge is -2.08. The van der Waals surface area contributed by atoms with E-state index in [2.05, 4.69) is 45.3 Å². The van der Waals surface area contributed by atoms with E-state index in [1.807, 2.05) is 0 Å². The number of rotatable bonds is 2. The Bertz CT molecular complexity index is 499. The normalized spacial score (nSPS) is 18.3. The lowest BCUT2D eigenvalue weighted by Crippen LogP contribution is -2.11. The molecule has 1 unspecified atom stereocenters. The number of aromatic amines is 1. The van der Waals surface area contributed by atoms with Gasteiger partial charge in [0.05, 0.1) is 0 Å². The number of nitrogens with one attached hydrogen (secondary N) is 1. The first-order chi connectivity index (χ1) is 7.25. The predicted molar refractivity (Wildman–Crippen MR) is 65.7 cm³/mol. The highest BCUT2D eigenvalue weighted by Crippen LogP contribution is 2.41. The van der Waals surface area contributed by atoms with Gasteiger partial charge in [-0.15, -0.1) is 0 Å². The van der Waals surface area contributed by atoms with Gasteiger partial charge in [-0.25, -0.2) is 0 Å². The number of hydrogen-bond acceptors (Lipinski definition) is 1. The molecule has 3 heteroatoms. The molecule has 0 aliphatic heterocycles. The molecule has 2 nitrogen and oxygen atoms in total. The molecule has 1 saturated carbocycles. The summed E-state index contributed by atoms with van der Waals surface area (Å²) in [4.78, 5) is 3.28. The van der Waals surface area contributed by atoms with Crippen molar-refractivity contribution in [3.63, 3.8) is 0 Å². The molecule has 0 radical (unpaired) electrons. The fourth-order valence-electron chi connectivity index (χ4n) is 2.11. The highest BCUT2D eigenvalue weighted by atomic mass is 79.9. The summed E-state index contributed by atoms with van der Waals surface area (Å²) in [6, 6.07) is 6.51. The average molecular weight is 265 g/mol. The number of aromatic nitrogens is 1. The van der Waals surface area contributed by atoms with Crippen LogP contribution < -0.4 is 5.73 Å². The molecule has 1 fully saturated rings. The third-order valence-electron chi connectivity index (χ3n) is 3.16. The summed E-state index contributed by atoms with van der Waals surface area (Å²) in [5.74, 6) is 0.702. The first-order valence-corrected chi connectivity index (χ1v) is 6.07. The predicted octanol–water partition coefficient (Wildman–Crippen LogP) is 3.34. The molecule has 1 atom stereocenters. The Hall–Kier alpha value is -0.800. The molecular weight excluding hydrogens is 252 g/mol. The Balaban J connectivity index is 2.10. The molecular formula is C12H13BrN2. The average Bonchev–Trinajstić information content (AvgIpc) is 2.98. The first-order valence-electron chi connectivity index (χ1n) is 5.28. The molecule has 1 aromatic heterocycles. The van der Waals surface area contributed by atoms with Crippen molar-refractivity contribution < 1.29 is 0 Å². The summed E-state index contributed by atoms with van der Waals surface area (Å²) >= 11 is 3.47. The lowest BCUT2D eigenvalue weighted by atomic mass is 10.0. The van der Waals surface area contributed by atoms with Gasteiger partial charge in [0.1, 0.15) is 0 Å². The van der Waals surface area contributed by atoms with Crippen LogP contribution in [0.1, 0.15) is 24.4 Å². The summed E-state index contributed by atoms with van der Waals surface area (Å²) in [5, 5.41) is 1.26. The molecule has 1 aromatic carbocycles. The van der Waals surface area contributed by atoms with Gasteiger partial charge in [-0.1, -0.05) is 22.0 Å². The van der Waals surface area contributed by atoms with Crippen molar-refractivity contribution in [2.45, 2.75) is 18.9 Å². The Morgan fingerprint density at radius 1 is 1.40 bits per heavy atom. The molecule has 0 saturated heterocycles. The molecule has 15 heavy (non-hydrogen) atoms. The number of benzene rings is 1. The fraction of sp³-hybridized carbons (Fsp3) is 0.333. The quantitative estimate of drug-likeness (QED) is 0.859. The minimum atomic E-state index is 0.208. The number of nitrogens with two attached hydrogens (primary N) is 1. The SMILES string of the molecule is NC(c1c[nH]c2cc(Br)ccc12)C1CC1. The van der Waals surface area contributed by atoms with Crippen molar-refractivity contribution in [1.82, 2.24) is 4.98 Å². The summed E-state index contributed by atoms with van der Waals surface area (Å²) in [5.41, 5.74) is 8.64. The van der Waals surface area contributed by atoms with Crippen LogP contribution >= 0.6 is 15.9 Å². The van der Waals surface area contributed by atoms with E-state index in [4.69, 9.17) is 5.73 Å². The summed E-state index contributed by atoms with van der Waals surface area (Å²) in [7, 11) is 0. The van der Waals surface area contributed by atoms with Crippen LogP contribution in [0.5, 0.6) is 0 Å². The van der Waals surface area contributed by atoms with Gasteiger partial charge < -0.3 is 10.7 Å². The second kappa shape index (κ2) is 3.35. The fourth-order valence-corrected chi connectivity index (χ4v) is 2.47. The van der Waals surface area contributed by atoms with Crippen molar-refractivity contribution in [2.24, 2.45) is 11.7 Å². The molecule has 1 aliphatic rings. The highest BCUT2D eigenvalue weighted by molar-refractivity contribution is 9.10. The lowest BCUT2D eigenvalue weighted by molar-refractivity contribution is 0.638. The van der Waals surface area contributed by atoms with Crippen LogP contribution in [0.25, 0.3) is 10.9 Å². The maximum absolute atomic E-state index is 6.22. The van der Waals surface area contributed by atoms with E-state index in [1.54, 1.807) is 0 Å². The third-order valence-corrected chi connectivity index (χ3v) is 3.66. The molecule has 2 aromatic rings. The molecule has 1 aliphatic carbocycles. The number of halogens is 1. The maximum atomic E-state index is 6.22. The van der Waals surface area contributed by atoms with E-state index in [1.165, 1.54) is 23.8 Å². The smallest absolute Gasteiger partial charge is 0.0468 e. The van der Waals surface area contributed by atoms with E-state index in [0.29, 0.717) is 5.92 Å². The Labute approximate surface area is 97.0 Å². The summed E-state index contributed by atoms with van der Waals surface area (Å²) in [6.07, 6.45) is 4.62. The molecule has 0 bridgehead atoms. The van der Waals surface area contributed by atoms with Gasteiger partial charge in [-0.2, -0.15) is 0 Å². The van der Waals surface area contributed by atoms with E-state index in [9.17, 15) is 0 Å². The topological polar surface area (TPSA) is 41.8 Å². The van der Waals surface area contributed by atoms with Crippen LogP contribution in [0.4, 0.5) is 0 Å². The van der Waals surface area contributed by atoms with Gasteiger partial charge >= 0.3 is 0 Å². The van der Waals surface area contributed by atoms with Crippen LogP contribution in [0.3, 0.4) is 0 Å². The minimum absolute atomic E-state index is 0.208. The standard InChI is InChI=1S/C12H13BrN2/c13-8-3-4-9-10(6-15-11(9)5-8)12(14)7-1-2-7/h3-7,12,15H,1-2,14H2. The van der Waals surface area contributed by atoms with Gasteiger partial charge in [-0.05, 0) is 36.5 Å². The number of hydrogen-bond donors (Lipinski definition) is 2. The summed E-state index contributed by atoms with van der Waals surface area (Å²) in [6.45, 7) is 0. The maximum Gasteiger partial charge on any atom is 0.0468 e. The van der Waals surface area contributed by atoms with Crippen molar-refractivity contribution in [3.8, 4) is 0 Å². The van der Waals surface area contributed by atoms with E-state index in [-0.39, 0.29) is 6.04 Å². The van der Waals surface area contributed by atoms with E-state index < -0.39 is 0 Å². The van der Waals surface area contributed by atoms with Crippen molar-refractivity contribution >= 4 is 26.8 Å². The molecule has 1 heterocycles. The monoisotopic (exact) mass is 264 g/mol. The largest absolute Gasteiger partial charge is 0.361 e. The van der Waals surface area contributed by atoms with E-state index in [0.717, 1.165) is 9.99 Å². The zero-order chi connectivity index (χ0) is 10.4. The Morgan fingerprint density at radius 2 is 2.20 bits per heavy atom. The molecule has 3 rings (SSSR count). The molecule has 78 valence electrons. The molecule has 3 N–H and O–H groups in total. The Kier molecular flexibility index (Phi) is 2.11. The third kappa shape index (κ3) is 1.60. The second-order valence-corrected chi connectivity index (χ2v) is 5.21. The zero-order valence-electron chi connectivity index (χ0n) is 8.33. The van der Waals surface area contributed by atoms with Crippen LogP contribution in [-0.4, -0.2) is 4.98 Å². The Morgan fingerprint density at radius 3 is 2.93 bits per heavy atom. The van der Waals surface area contributed by atoms with Crippen molar-refractivity contribution in [3.05, 3.63) is 34.4 Å². The van der Waals surface area contributed by atoms with Crippen molar-refractivity contribution in [1.29, 1.82) is 0 Å². The van der Waals surface area contributed by atoms with Crippen molar-refractivity contribution in [2.75, 3.05) is 0 Å². The van der Waals surface area contributed by atoms with Crippen LogP contribution in [0, 0.1) is 5.92 Å². The molecule has 0 amide bonds. The van der Waals surface area contributed by atoms with Crippen LogP contribution in [0.2, 0.25) is 0 Å². The van der Waals surface area contributed by atoms with Gasteiger partial charge in [0.25, 0.3) is 0 Å². The minimum Gasteiger partial charge on any atom is -0.361 e. The number of H-pyrrole nitrogens is 1. The van der Waals surface area contributed by atoms with Gasteiger partial charge in [0, 0.05) is 27.6 Å². The van der Waals surface area contributed by atoms with Crippen LogP contribution in [0.15, 0.2) is 28.9 Å². The van der Waals surface area contributed by atoms with Gasteiger partial charge in [0.15, 0.2) is 0 Å². The van der Waals surface area contributed by atoms with Gasteiger partial charge in [0.2, 0.25) is 0 Å². The zero-order valence-corrected chi connectivity index (χ0v) is 9.92. The van der Waals surface area contributed by atoms with Crippen LogP contribution in [-0.2, 0) is 0 Å². The number of fused-ring (bicyclic) bond motifs is 1. The highest BCUT2D eigenvalue weighted by Gasteiger charge is 2.30.